The largest absolute Gasteiger partial charge is 0.478 e. The third-order valence-corrected chi connectivity index (χ3v) is 9.23. The minimum absolute atomic E-state index is 0.0662. The quantitative estimate of drug-likeness (QED) is 0.281. The van der Waals surface area contributed by atoms with Crippen molar-refractivity contribution in [2.24, 2.45) is 11.8 Å². The fourth-order valence-corrected chi connectivity index (χ4v) is 6.95. The number of carboxylic acid groups (broad SMARTS) is 1. The van der Waals surface area contributed by atoms with Crippen LogP contribution in [-0.4, -0.2) is 47.4 Å². The van der Waals surface area contributed by atoms with E-state index >= 15 is 8.78 Å². The topological polar surface area (TPSA) is 90.0 Å². The molecule has 1 saturated heterocycles. The van der Waals surface area contributed by atoms with E-state index < -0.39 is 40.9 Å². The fraction of sp³-hybridized carbons (Fsp3) is 0.364. The first kappa shape index (κ1) is 31.9. The highest BCUT2D eigenvalue weighted by atomic mass is 35.5. The maximum Gasteiger partial charge on any atom is 0.335 e. The smallest absolute Gasteiger partial charge is 0.335 e. The Kier molecular flexibility index (Phi) is 9.03. The van der Waals surface area contributed by atoms with Gasteiger partial charge in [-0.3, -0.25) is 14.5 Å². The number of carboxylic acids is 1. The molecule has 44 heavy (non-hydrogen) atoms. The van der Waals surface area contributed by atoms with Gasteiger partial charge in [0.25, 0.3) is 0 Å². The van der Waals surface area contributed by atoms with Crippen LogP contribution in [0.15, 0.2) is 54.6 Å². The number of halogens is 4. The zero-order chi connectivity index (χ0) is 31.9. The summed E-state index contributed by atoms with van der Waals surface area (Å²) in [6, 6.07) is 12.9. The molecule has 1 unspecified atom stereocenters. The Morgan fingerprint density at radius 1 is 1.07 bits per heavy atom. The van der Waals surface area contributed by atoms with Crippen LogP contribution >= 0.6 is 23.2 Å². The van der Waals surface area contributed by atoms with Crippen molar-refractivity contribution < 1.29 is 28.3 Å². The molecule has 232 valence electrons. The Morgan fingerprint density at radius 3 is 2.36 bits per heavy atom. The highest BCUT2D eigenvalue weighted by Gasteiger charge is 2.66. The first-order valence-corrected chi connectivity index (χ1v) is 15.5. The summed E-state index contributed by atoms with van der Waals surface area (Å²) in [6.07, 6.45) is 1.89. The first-order valence-electron chi connectivity index (χ1n) is 14.7. The van der Waals surface area contributed by atoms with Crippen LogP contribution in [0, 0.1) is 23.5 Å². The first-order chi connectivity index (χ1) is 21.1. The Labute approximate surface area is 264 Å². The zero-order valence-corrected chi connectivity index (χ0v) is 26.1. The monoisotopic (exact) mass is 643 g/mol. The number of hydrogen-bond donors (Lipinski definition) is 2. The van der Waals surface area contributed by atoms with E-state index in [1.165, 1.54) is 41.3 Å². The van der Waals surface area contributed by atoms with Crippen molar-refractivity contribution in [1.82, 2.24) is 4.90 Å². The fourth-order valence-electron chi connectivity index (χ4n) is 6.61. The number of nitrogens with one attached hydrogen (secondary N) is 1. The summed E-state index contributed by atoms with van der Waals surface area (Å²) >= 11 is 12.3. The lowest BCUT2D eigenvalue weighted by atomic mass is 9.71. The van der Waals surface area contributed by atoms with Crippen LogP contribution in [0.3, 0.4) is 0 Å². The van der Waals surface area contributed by atoms with Gasteiger partial charge in [-0.05, 0) is 73.7 Å². The van der Waals surface area contributed by atoms with E-state index in [9.17, 15) is 19.5 Å². The number of rotatable bonds is 7. The average molecular weight is 645 g/mol. The van der Waals surface area contributed by atoms with E-state index in [4.69, 9.17) is 23.2 Å². The molecule has 0 bridgehead atoms. The lowest BCUT2D eigenvalue weighted by molar-refractivity contribution is -0.127. The molecule has 7 nitrogen and oxygen atoms in total. The minimum Gasteiger partial charge on any atom is -0.478 e. The summed E-state index contributed by atoms with van der Waals surface area (Å²) in [5, 5.41) is 11.8. The van der Waals surface area contributed by atoms with Crippen LogP contribution in [0.4, 0.5) is 20.2 Å². The molecule has 3 atom stereocenters. The number of carbonyl (C=O) groups excluding carboxylic acids is 2. The number of aromatic carboxylic acids is 1. The van der Waals surface area contributed by atoms with Gasteiger partial charge in [0.15, 0.2) is 0 Å². The highest BCUT2D eigenvalue weighted by molar-refractivity contribution is 6.31. The van der Waals surface area contributed by atoms with E-state index in [0.717, 1.165) is 12.8 Å². The van der Waals surface area contributed by atoms with Gasteiger partial charge >= 0.3 is 5.97 Å². The maximum atomic E-state index is 15.9. The molecule has 2 amide bonds. The van der Waals surface area contributed by atoms with E-state index in [-0.39, 0.29) is 46.1 Å². The molecule has 6 rings (SSSR count). The molecule has 3 aromatic rings. The number of hydrogen-bond acceptors (Lipinski definition) is 4. The Bertz CT molecular complexity index is 1620. The van der Waals surface area contributed by atoms with Crippen molar-refractivity contribution in [3.8, 4) is 0 Å². The molecular formula is C33H33Cl2F2N3O4. The van der Waals surface area contributed by atoms with Crippen LogP contribution < -0.4 is 10.2 Å². The standard InChI is InChI=1S/C31H27Cl2F2N3O4.C2H6/c1-2-38(18-10-8-17(9-11-18)29(40)41)28(39)20-15-37(14-16-6-7-16)31(26(20)19-4-3-5-22(32)27(19)35)21-12-24(34)23(33)13-25(21)36-30(31)42;1-2/h3-5,8-13,16,20,26H,2,6-7,14-15H2,1H3,(H,36,42)(H,40,41);1-2H3/t20-,26?,31-;/m1./s1. The summed E-state index contributed by atoms with van der Waals surface area (Å²) < 4.78 is 31.0. The molecule has 0 aromatic heterocycles. The second-order valence-corrected chi connectivity index (χ2v) is 11.9. The van der Waals surface area contributed by atoms with Gasteiger partial charge in [0, 0.05) is 42.5 Å². The molecule has 1 saturated carbocycles. The number of benzene rings is 3. The van der Waals surface area contributed by atoms with E-state index in [1.807, 2.05) is 18.7 Å². The number of anilines is 2. The van der Waals surface area contributed by atoms with Crippen molar-refractivity contribution in [2.45, 2.75) is 45.1 Å². The van der Waals surface area contributed by atoms with Crippen molar-refractivity contribution in [3.63, 3.8) is 0 Å². The summed E-state index contributed by atoms with van der Waals surface area (Å²) in [7, 11) is 0. The minimum atomic E-state index is -1.61. The number of carbonyl (C=O) groups is 3. The van der Waals surface area contributed by atoms with Gasteiger partial charge in [0.2, 0.25) is 11.8 Å². The third kappa shape index (κ3) is 5.25. The van der Waals surface area contributed by atoms with Crippen molar-refractivity contribution in [2.75, 3.05) is 29.9 Å². The molecule has 2 heterocycles. The molecule has 1 aliphatic carbocycles. The predicted octanol–water partition coefficient (Wildman–Crippen LogP) is 7.32. The lowest BCUT2D eigenvalue weighted by Gasteiger charge is -2.38. The summed E-state index contributed by atoms with van der Waals surface area (Å²) in [5.74, 6) is -5.18. The lowest BCUT2D eigenvalue weighted by Crippen LogP contribution is -2.51. The van der Waals surface area contributed by atoms with Crippen molar-refractivity contribution in [3.05, 3.63) is 93.0 Å². The Balaban J connectivity index is 0.00000188. The number of likely N-dealkylation sites (tertiary alicyclic amines) is 1. The van der Waals surface area contributed by atoms with Gasteiger partial charge in [-0.25, -0.2) is 13.6 Å². The predicted molar refractivity (Wildman–Crippen MR) is 166 cm³/mol. The maximum absolute atomic E-state index is 15.9. The van der Waals surface area contributed by atoms with Crippen LogP contribution in [0.2, 0.25) is 10.0 Å². The third-order valence-electron chi connectivity index (χ3n) is 8.65. The molecule has 3 aliphatic rings. The Hall–Kier alpha value is -3.53. The zero-order valence-electron chi connectivity index (χ0n) is 24.5. The number of amides is 2. The number of nitrogens with zero attached hydrogens (tertiary/aromatic N) is 2. The van der Waals surface area contributed by atoms with Crippen LogP contribution in [-0.2, 0) is 15.1 Å². The molecule has 2 N–H and O–H groups in total. The van der Waals surface area contributed by atoms with Crippen LogP contribution in [0.5, 0.6) is 0 Å². The SMILES string of the molecule is CC.CCN(C(=O)[C@@H]1CN(CC2CC2)[C@@]2(C(=O)Nc3cc(Cl)c(F)cc32)C1c1cccc(Cl)c1F)c1ccc(C(=O)O)cc1. The van der Waals surface area contributed by atoms with E-state index in [2.05, 4.69) is 5.32 Å². The van der Waals surface area contributed by atoms with Gasteiger partial charge < -0.3 is 15.3 Å². The summed E-state index contributed by atoms with van der Waals surface area (Å²) in [5.41, 5.74) is -0.400. The second kappa shape index (κ2) is 12.5. The molecule has 0 radical (unpaired) electrons. The van der Waals surface area contributed by atoms with Crippen LogP contribution in [0.25, 0.3) is 0 Å². The molecule has 2 fully saturated rings. The summed E-state index contributed by atoms with van der Waals surface area (Å²) in [6.45, 7) is 6.57. The molecular weight excluding hydrogens is 611 g/mol. The Morgan fingerprint density at radius 2 is 1.75 bits per heavy atom. The average Bonchev–Trinajstić information content (AvgIpc) is 3.71. The van der Waals surface area contributed by atoms with Crippen molar-refractivity contribution >= 4 is 52.4 Å². The molecule has 2 aliphatic heterocycles. The van der Waals surface area contributed by atoms with Gasteiger partial charge in [-0.1, -0.05) is 49.2 Å². The molecule has 11 heteroatoms. The van der Waals surface area contributed by atoms with Gasteiger partial charge in [0.05, 0.1) is 21.5 Å². The second-order valence-electron chi connectivity index (χ2n) is 11.0. The van der Waals surface area contributed by atoms with Crippen LogP contribution in [0.1, 0.15) is 61.0 Å². The van der Waals surface area contributed by atoms with E-state index in [1.54, 1.807) is 25.1 Å². The van der Waals surface area contributed by atoms with Gasteiger partial charge in [0.1, 0.15) is 17.2 Å². The van der Waals surface area contributed by atoms with Gasteiger partial charge in [-0.2, -0.15) is 0 Å². The molecule has 3 aromatic carbocycles. The summed E-state index contributed by atoms with van der Waals surface area (Å²) in [4.78, 5) is 43.5. The number of fused-ring (bicyclic) bond motifs is 2. The highest BCUT2D eigenvalue weighted by Crippen LogP contribution is 2.59. The van der Waals surface area contributed by atoms with Crippen molar-refractivity contribution in [1.29, 1.82) is 0 Å². The van der Waals surface area contributed by atoms with E-state index in [0.29, 0.717) is 23.5 Å². The molecule has 1 spiro atoms. The normalized spacial score (nSPS) is 22.3. The van der Waals surface area contributed by atoms with Gasteiger partial charge in [-0.15, -0.1) is 0 Å².